The lowest BCUT2D eigenvalue weighted by atomic mass is 9.67. The molecule has 0 N–H and O–H groups in total. The largest absolute Gasteiger partial charge is 0.301 e. The zero-order chi connectivity index (χ0) is 13.9. The van der Waals surface area contributed by atoms with Gasteiger partial charge in [-0.05, 0) is 23.3 Å². The van der Waals surface area contributed by atoms with Gasteiger partial charge in [0.05, 0.1) is 0 Å². The van der Waals surface area contributed by atoms with Crippen molar-refractivity contribution < 1.29 is 13.2 Å². The maximum Gasteiger partial charge on any atom is 0.191 e. The summed E-state index contributed by atoms with van der Waals surface area (Å²) in [6, 6.07) is 0. The van der Waals surface area contributed by atoms with E-state index in [1.807, 2.05) is 20.8 Å². The van der Waals surface area contributed by atoms with Crippen LogP contribution in [-0.2, 0) is 14.6 Å². The number of rotatable bonds is 1. The van der Waals surface area contributed by atoms with Crippen LogP contribution in [0, 0.1) is 10.8 Å². The van der Waals surface area contributed by atoms with Crippen molar-refractivity contribution >= 4 is 16.1 Å². The van der Waals surface area contributed by atoms with Gasteiger partial charge in [-0.3, -0.25) is 0 Å². The summed E-state index contributed by atoms with van der Waals surface area (Å²) >= 11 is 0. The van der Waals surface area contributed by atoms with Crippen LogP contribution in [0.3, 0.4) is 0 Å². The second-order valence-corrected chi connectivity index (χ2v) is 9.05. The molecule has 3 nitrogen and oxygen atoms in total. The first kappa shape index (κ1) is 14.4. The summed E-state index contributed by atoms with van der Waals surface area (Å²) in [6.45, 7) is 12.9. The van der Waals surface area contributed by atoms with Crippen molar-refractivity contribution in [3.63, 3.8) is 0 Å². The number of aldehydes is 1. The molecule has 0 saturated heterocycles. The van der Waals surface area contributed by atoms with Crippen LogP contribution in [0.1, 0.15) is 48.5 Å². The Kier molecular flexibility index (Phi) is 2.92. The number of allylic oxidation sites excluding steroid dienone is 1. The highest BCUT2D eigenvalue weighted by molar-refractivity contribution is 7.99. The summed E-state index contributed by atoms with van der Waals surface area (Å²) in [5.74, 6) is 0. The quantitative estimate of drug-likeness (QED) is 0.679. The van der Waals surface area contributed by atoms with Gasteiger partial charge in [0, 0.05) is 4.91 Å². The van der Waals surface area contributed by atoms with Crippen molar-refractivity contribution in [3.8, 4) is 0 Å². The molecule has 98 valence electrons. The fourth-order valence-electron chi connectivity index (χ4n) is 2.89. The van der Waals surface area contributed by atoms with Crippen LogP contribution in [0.5, 0.6) is 0 Å². The minimum atomic E-state index is -3.49. The minimum Gasteiger partial charge on any atom is -0.301 e. The zero-order valence-corrected chi connectivity index (χ0v) is 12.5. The van der Waals surface area contributed by atoms with Gasteiger partial charge in [0.15, 0.2) is 14.6 Å². The fraction of sp³-hybridized carbons (Fsp3) is 0.769. The second-order valence-electron chi connectivity index (χ2n) is 6.79. The molecule has 0 aromatic rings. The minimum absolute atomic E-state index is 0.316. The first-order chi connectivity index (χ1) is 7.34. The molecule has 0 radical (unpaired) electrons. The van der Waals surface area contributed by atoms with Crippen LogP contribution >= 0.6 is 0 Å². The maximum atomic E-state index is 12.3. The molecule has 0 amide bonds. The number of carbonyl (C=O) groups is 1. The Morgan fingerprint density at radius 3 is 1.65 bits per heavy atom. The van der Waals surface area contributed by atoms with E-state index >= 15 is 0 Å². The van der Waals surface area contributed by atoms with Crippen molar-refractivity contribution in [2.45, 2.75) is 53.2 Å². The molecule has 0 aromatic carbocycles. The summed E-state index contributed by atoms with van der Waals surface area (Å²) in [7, 11) is -3.49. The summed E-state index contributed by atoms with van der Waals surface area (Å²) < 4.78 is 23.3. The smallest absolute Gasteiger partial charge is 0.191 e. The number of hydrogen-bond acceptors (Lipinski definition) is 3. The summed E-state index contributed by atoms with van der Waals surface area (Å²) in [5.41, 5.74) is -0.188. The Labute approximate surface area is 104 Å². The van der Waals surface area contributed by atoms with Gasteiger partial charge in [-0.1, -0.05) is 41.5 Å². The first-order valence-corrected chi connectivity index (χ1v) is 7.25. The molecule has 4 heteroatoms. The van der Waals surface area contributed by atoms with Crippen molar-refractivity contribution in [1.82, 2.24) is 0 Å². The lowest BCUT2D eigenvalue weighted by Gasteiger charge is -2.52. The Morgan fingerprint density at radius 1 is 1.06 bits per heavy atom. The summed E-state index contributed by atoms with van der Waals surface area (Å²) in [5, 5.41) is 0. The molecular formula is C13H22O3S. The molecule has 0 aliphatic carbocycles. The number of hydrogen-bond donors (Lipinski definition) is 0. The lowest BCUT2D eigenvalue weighted by Crippen LogP contribution is -2.62. The molecule has 1 rings (SSSR count). The average molecular weight is 258 g/mol. The van der Waals surface area contributed by atoms with Gasteiger partial charge in [-0.15, -0.1) is 0 Å². The van der Waals surface area contributed by atoms with Crippen LogP contribution in [0.2, 0.25) is 0 Å². The maximum absolute atomic E-state index is 12.3. The average Bonchev–Trinajstić information content (AvgIpc) is 2.07. The molecule has 1 unspecified atom stereocenters. The number of carbonyl (C=O) groups excluding carboxylic acids is 1. The Hall–Kier alpha value is -0.640. The first-order valence-electron chi connectivity index (χ1n) is 5.77. The predicted molar refractivity (Wildman–Crippen MR) is 69.3 cm³/mol. The van der Waals surface area contributed by atoms with E-state index in [4.69, 9.17) is 0 Å². The Bertz CT molecular complexity index is 484. The van der Waals surface area contributed by atoms with E-state index in [1.54, 1.807) is 27.7 Å². The van der Waals surface area contributed by atoms with E-state index in [-0.39, 0.29) is 5.41 Å². The SMILES string of the molecule is CC1=C(C(C)(C)C)C(C=O)(C(C)(C)C)S1(=O)=O. The van der Waals surface area contributed by atoms with Crippen molar-refractivity contribution in [2.75, 3.05) is 0 Å². The summed E-state index contributed by atoms with van der Waals surface area (Å²) in [6.07, 6.45) is 0.621. The van der Waals surface area contributed by atoms with Crippen LogP contribution in [0.25, 0.3) is 0 Å². The molecule has 0 aromatic heterocycles. The predicted octanol–water partition coefficient (Wildman–Crippen LogP) is 2.72. The topological polar surface area (TPSA) is 51.2 Å². The standard InChI is InChI=1S/C13H22O3S/c1-9-10(11(2,3)4)13(8-14,12(5,6)7)17(9,15)16/h8H,1-7H3. The highest BCUT2D eigenvalue weighted by Gasteiger charge is 2.66. The van der Waals surface area contributed by atoms with E-state index in [2.05, 4.69) is 0 Å². The zero-order valence-electron chi connectivity index (χ0n) is 11.7. The fourth-order valence-corrected chi connectivity index (χ4v) is 5.61. The van der Waals surface area contributed by atoms with Gasteiger partial charge in [0.2, 0.25) is 0 Å². The van der Waals surface area contributed by atoms with Gasteiger partial charge in [0.25, 0.3) is 0 Å². The molecule has 1 aliphatic heterocycles. The molecule has 0 fully saturated rings. The van der Waals surface area contributed by atoms with E-state index in [0.29, 0.717) is 11.2 Å². The molecule has 17 heavy (non-hydrogen) atoms. The van der Waals surface area contributed by atoms with Crippen molar-refractivity contribution in [3.05, 3.63) is 10.5 Å². The van der Waals surface area contributed by atoms with E-state index in [9.17, 15) is 13.2 Å². The van der Waals surface area contributed by atoms with Gasteiger partial charge in [-0.2, -0.15) is 0 Å². The van der Waals surface area contributed by atoms with Crippen LogP contribution < -0.4 is 0 Å². The van der Waals surface area contributed by atoms with Crippen LogP contribution in [0.15, 0.2) is 10.5 Å². The lowest BCUT2D eigenvalue weighted by molar-refractivity contribution is -0.111. The van der Waals surface area contributed by atoms with E-state index in [1.165, 1.54) is 0 Å². The molecular weight excluding hydrogens is 236 g/mol. The molecule has 1 atom stereocenters. The van der Waals surface area contributed by atoms with Gasteiger partial charge in [0.1, 0.15) is 6.29 Å². The third kappa shape index (κ3) is 1.53. The van der Waals surface area contributed by atoms with Gasteiger partial charge >= 0.3 is 0 Å². The molecule has 0 bridgehead atoms. The van der Waals surface area contributed by atoms with Gasteiger partial charge in [-0.25, -0.2) is 8.42 Å². The second kappa shape index (κ2) is 3.44. The van der Waals surface area contributed by atoms with Crippen LogP contribution in [-0.4, -0.2) is 19.5 Å². The third-order valence-corrected chi connectivity index (χ3v) is 6.35. The van der Waals surface area contributed by atoms with Crippen LogP contribution in [0.4, 0.5) is 0 Å². The van der Waals surface area contributed by atoms with E-state index < -0.39 is 20.0 Å². The molecule has 0 spiro atoms. The van der Waals surface area contributed by atoms with Gasteiger partial charge < -0.3 is 4.79 Å². The molecule has 1 heterocycles. The molecule has 1 aliphatic rings. The highest BCUT2D eigenvalue weighted by atomic mass is 32.2. The van der Waals surface area contributed by atoms with E-state index in [0.717, 1.165) is 5.57 Å². The Morgan fingerprint density at radius 2 is 1.47 bits per heavy atom. The molecule has 0 saturated carbocycles. The summed E-state index contributed by atoms with van der Waals surface area (Å²) in [4.78, 5) is 11.9. The highest BCUT2D eigenvalue weighted by Crippen LogP contribution is 2.58. The van der Waals surface area contributed by atoms with Crippen molar-refractivity contribution in [1.29, 1.82) is 0 Å². The third-order valence-electron chi connectivity index (χ3n) is 3.58. The monoisotopic (exact) mass is 258 g/mol. The number of sulfone groups is 1. The normalized spacial score (nSPS) is 28.9. The van der Waals surface area contributed by atoms with Crippen molar-refractivity contribution in [2.24, 2.45) is 10.8 Å². The Balaban J connectivity index is 3.72.